The molecular weight excluding hydrogens is 166 g/mol. The lowest BCUT2D eigenvalue weighted by atomic mass is 9.94. The zero-order valence-electron chi connectivity index (χ0n) is 7.62. The fourth-order valence-corrected chi connectivity index (χ4v) is 3.22. The first-order valence-electron chi connectivity index (χ1n) is 5.15. The summed E-state index contributed by atoms with van der Waals surface area (Å²) in [6, 6.07) is 0.0532. The van der Waals surface area contributed by atoms with Crippen LogP contribution in [0.4, 0.5) is 0 Å². The molecule has 72 valence electrons. The van der Waals surface area contributed by atoms with Gasteiger partial charge in [-0.15, -0.1) is 0 Å². The van der Waals surface area contributed by atoms with E-state index in [9.17, 15) is 4.79 Å². The maximum absolute atomic E-state index is 11.5. The number of aliphatic hydroxyl groups is 1. The smallest absolute Gasteiger partial charge is 0.223 e. The second-order valence-corrected chi connectivity index (χ2v) is 4.98. The maximum atomic E-state index is 11.5. The number of aliphatic hydroxyl groups excluding tert-OH is 1. The third-order valence-corrected chi connectivity index (χ3v) is 4.17. The lowest BCUT2D eigenvalue weighted by Crippen LogP contribution is -2.33. The van der Waals surface area contributed by atoms with Crippen LogP contribution >= 0.6 is 0 Å². The number of carbonyl (C=O) groups is 1. The van der Waals surface area contributed by atoms with Crippen LogP contribution in [-0.2, 0) is 4.79 Å². The molecule has 3 heteroatoms. The van der Waals surface area contributed by atoms with Crippen molar-refractivity contribution in [2.45, 2.75) is 31.7 Å². The minimum atomic E-state index is 0.0532. The van der Waals surface area contributed by atoms with Crippen LogP contribution in [0.2, 0.25) is 0 Å². The third-order valence-electron chi connectivity index (χ3n) is 4.17. The van der Waals surface area contributed by atoms with Gasteiger partial charge in [-0.25, -0.2) is 0 Å². The van der Waals surface area contributed by atoms with E-state index in [1.54, 1.807) is 0 Å². The van der Waals surface area contributed by atoms with Crippen LogP contribution in [0.1, 0.15) is 25.7 Å². The van der Waals surface area contributed by atoms with Gasteiger partial charge in [-0.3, -0.25) is 4.79 Å². The molecule has 0 bridgehead atoms. The van der Waals surface area contributed by atoms with Gasteiger partial charge in [0.1, 0.15) is 0 Å². The van der Waals surface area contributed by atoms with Gasteiger partial charge >= 0.3 is 0 Å². The first-order chi connectivity index (χ1) is 6.24. The predicted octanol–water partition coefficient (Wildman–Crippen LogP) is 0.283. The average molecular weight is 181 g/mol. The summed E-state index contributed by atoms with van der Waals surface area (Å²) < 4.78 is 0. The molecule has 2 N–H and O–H groups in total. The summed E-state index contributed by atoms with van der Waals surface area (Å²) in [6.07, 6.45) is 4.87. The van der Waals surface area contributed by atoms with Crippen molar-refractivity contribution in [3.05, 3.63) is 0 Å². The Kier molecular flexibility index (Phi) is 1.36. The van der Waals surface area contributed by atoms with E-state index in [1.165, 1.54) is 19.3 Å². The molecule has 2 saturated carbocycles. The number of fused-ring (bicyclic) bond motifs is 1. The molecule has 1 saturated heterocycles. The van der Waals surface area contributed by atoms with Crippen LogP contribution in [0.5, 0.6) is 0 Å². The summed E-state index contributed by atoms with van der Waals surface area (Å²) in [4.78, 5) is 11.5. The van der Waals surface area contributed by atoms with Gasteiger partial charge in [0.05, 0.1) is 12.6 Å². The average Bonchev–Trinajstić information content (AvgIpc) is 2.64. The van der Waals surface area contributed by atoms with E-state index in [0.717, 1.165) is 6.42 Å². The van der Waals surface area contributed by atoms with E-state index in [1.807, 2.05) is 0 Å². The molecule has 3 aliphatic rings. The lowest BCUT2D eigenvalue weighted by Gasteiger charge is -2.15. The van der Waals surface area contributed by atoms with Crippen molar-refractivity contribution in [3.8, 4) is 0 Å². The molecule has 3 atom stereocenters. The Bertz CT molecular complexity index is 260. The molecule has 1 aliphatic heterocycles. The van der Waals surface area contributed by atoms with Crippen LogP contribution < -0.4 is 5.32 Å². The van der Waals surface area contributed by atoms with Crippen molar-refractivity contribution in [2.75, 3.05) is 6.61 Å². The molecule has 1 heterocycles. The highest BCUT2D eigenvalue weighted by molar-refractivity contribution is 5.82. The number of hydrogen-bond acceptors (Lipinski definition) is 2. The maximum Gasteiger partial charge on any atom is 0.223 e. The van der Waals surface area contributed by atoms with E-state index >= 15 is 0 Å². The Morgan fingerprint density at radius 3 is 2.85 bits per heavy atom. The van der Waals surface area contributed by atoms with E-state index in [-0.39, 0.29) is 24.5 Å². The van der Waals surface area contributed by atoms with Gasteiger partial charge in [0.15, 0.2) is 0 Å². The van der Waals surface area contributed by atoms with Crippen molar-refractivity contribution in [3.63, 3.8) is 0 Å². The van der Waals surface area contributed by atoms with Gasteiger partial charge in [0, 0.05) is 5.92 Å². The summed E-state index contributed by atoms with van der Waals surface area (Å²) in [6.45, 7) is 0.114. The zero-order valence-corrected chi connectivity index (χ0v) is 7.62. The summed E-state index contributed by atoms with van der Waals surface area (Å²) in [5, 5.41) is 12.0. The molecule has 13 heavy (non-hydrogen) atoms. The molecule has 2 aliphatic carbocycles. The third kappa shape index (κ3) is 0.966. The standard InChI is InChI=1S/C10H15NO2/c12-5-8-6-3-10(1-2-10)4-7(6)9(13)11-8/h6-8,12H,1-5H2,(H,11,13)/t6-,7+,8?/m0/s1. The highest BCUT2D eigenvalue weighted by atomic mass is 16.3. The number of amides is 1. The fraction of sp³-hybridized carbons (Fsp3) is 0.900. The number of carbonyl (C=O) groups excluding carboxylic acids is 1. The minimum Gasteiger partial charge on any atom is -0.394 e. The highest BCUT2D eigenvalue weighted by Gasteiger charge is 2.58. The van der Waals surface area contributed by atoms with E-state index < -0.39 is 0 Å². The highest BCUT2D eigenvalue weighted by Crippen LogP contribution is 2.63. The largest absolute Gasteiger partial charge is 0.394 e. The summed E-state index contributed by atoms with van der Waals surface area (Å²) in [7, 11) is 0. The molecule has 0 radical (unpaired) electrons. The molecule has 1 spiro atoms. The van der Waals surface area contributed by atoms with E-state index in [0.29, 0.717) is 11.3 Å². The quantitative estimate of drug-likeness (QED) is 0.610. The van der Waals surface area contributed by atoms with Crippen molar-refractivity contribution >= 4 is 5.91 Å². The first-order valence-corrected chi connectivity index (χ1v) is 5.15. The monoisotopic (exact) mass is 181 g/mol. The van der Waals surface area contributed by atoms with E-state index in [2.05, 4.69) is 5.32 Å². The first kappa shape index (κ1) is 7.80. The molecule has 3 fully saturated rings. The molecule has 1 amide bonds. The van der Waals surface area contributed by atoms with Crippen LogP contribution in [0.15, 0.2) is 0 Å². The van der Waals surface area contributed by atoms with Crippen LogP contribution in [0.3, 0.4) is 0 Å². The Morgan fingerprint density at radius 1 is 1.46 bits per heavy atom. The van der Waals surface area contributed by atoms with Crippen molar-refractivity contribution in [2.24, 2.45) is 17.3 Å². The summed E-state index contributed by atoms with van der Waals surface area (Å²) in [5.41, 5.74) is 0.528. The van der Waals surface area contributed by atoms with Crippen LogP contribution in [0, 0.1) is 17.3 Å². The molecule has 1 unspecified atom stereocenters. The second kappa shape index (κ2) is 2.27. The van der Waals surface area contributed by atoms with Crippen molar-refractivity contribution < 1.29 is 9.90 Å². The molecular formula is C10H15NO2. The lowest BCUT2D eigenvalue weighted by molar-refractivity contribution is -0.123. The zero-order chi connectivity index (χ0) is 9.05. The molecule has 0 aromatic carbocycles. The summed E-state index contributed by atoms with van der Waals surface area (Å²) in [5.74, 6) is 0.840. The minimum absolute atomic E-state index is 0.0532. The molecule has 3 nitrogen and oxygen atoms in total. The second-order valence-electron chi connectivity index (χ2n) is 4.98. The van der Waals surface area contributed by atoms with Gasteiger partial charge in [-0.05, 0) is 37.0 Å². The normalized spacial score (nSPS) is 45.0. The van der Waals surface area contributed by atoms with Gasteiger partial charge in [0.25, 0.3) is 0 Å². The van der Waals surface area contributed by atoms with Gasteiger partial charge < -0.3 is 10.4 Å². The Labute approximate surface area is 77.5 Å². The number of rotatable bonds is 1. The Balaban J connectivity index is 1.84. The van der Waals surface area contributed by atoms with Crippen LogP contribution in [-0.4, -0.2) is 23.7 Å². The van der Waals surface area contributed by atoms with Gasteiger partial charge in [-0.1, -0.05) is 0 Å². The van der Waals surface area contributed by atoms with Crippen molar-refractivity contribution in [1.82, 2.24) is 5.32 Å². The Hall–Kier alpha value is -0.570. The topological polar surface area (TPSA) is 49.3 Å². The van der Waals surface area contributed by atoms with Gasteiger partial charge in [-0.2, -0.15) is 0 Å². The molecule has 3 rings (SSSR count). The number of hydrogen-bond donors (Lipinski definition) is 2. The van der Waals surface area contributed by atoms with E-state index in [4.69, 9.17) is 5.11 Å². The number of nitrogens with one attached hydrogen (secondary N) is 1. The van der Waals surface area contributed by atoms with Crippen LogP contribution in [0.25, 0.3) is 0 Å². The SMILES string of the molecule is O=C1NC(CO)[C@H]2CC3(CC3)C[C@@H]12. The van der Waals surface area contributed by atoms with Crippen molar-refractivity contribution in [1.29, 1.82) is 0 Å². The molecule has 0 aromatic heterocycles. The Morgan fingerprint density at radius 2 is 2.23 bits per heavy atom. The fourth-order valence-electron chi connectivity index (χ4n) is 3.22. The predicted molar refractivity (Wildman–Crippen MR) is 46.9 cm³/mol. The van der Waals surface area contributed by atoms with Gasteiger partial charge in [0.2, 0.25) is 5.91 Å². The summed E-state index contributed by atoms with van der Waals surface area (Å²) >= 11 is 0. The molecule has 0 aromatic rings.